The Kier molecular flexibility index (Phi) is 9.79. The summed E-state index contributed by atoms with van der Waals surface area (Å²) in [5.74, 6) is -0.836. The van der Waals surface area contributed by atoms with E-state index in [-0.39, 0.29) is 34.2 Å². The Balaban J connectivity index is 2.48. The second-order valence-electron chi connectivity index (χ2n) is 8.44. The maximum Gasteiger partial charge on any atom is 0.244 e. The number of hydrogen-bond donors (Lipinski definition) is 1. The molecule has 2 rings (SSSR count). The number of sulfonamides is 1. The van der Waals surface area contributed by atoms with E-state index in [9.17, 15) is 18.0 Å². The number of benzene rings is 2. The molecule has 0 aliphatic carbocycles. The summed E-state index contributed by atoms with van der Waals surface area (Å²) in [4.78, 5) is 28.0. The smallest absolute Gasteiger partial charge is 0.244 e. The fourth-order valence-corrected chi connectivity index (χ4v) is 4.77. The van der Waals surface area contributed by atoms with Crippen LogP contribution in [-0.2, 0) is 26.2 Å². The number of halogens is 2. The van der Waals surface area contributed by atoms with Crippen LogP contribution in [-0.4, -0.2) is 50.0 Å². The standard InChI is InChI=1S/C24H31Cl2N3O4S/c1-6-20(24(31)27-16(2)3)28(14-18-12-10-17(4)11-13-18)22(30)15-29(34(5,32)33)21-9-7-8-19(25)23(21)26/h7-13,16,20H,6,14-15H2,1-5H3,(H,27,31)/t20-/m1/s1. The molecule has 1 atom stereocenters. The molecular formula is C24H31Cl2N3O4S. The van der Waals surface area contributed by atoms with E-state index >= 15 is 0 Å². The Morgan fingerprint density at radius 1 is 1.06 bits per heavy atom. The lowest BCUT2D eigenvalue weighted by Gasteiger charge is -2.33. The first-order valence-electron chi connectivity index (χ1n) is 10.9. The van der Waals surface area contributed by atoms with Crippen LogP contribution in [0.25, 0.3) is 0 Å². The van der Waals surface area contributed by atoms with Gasteiger partial charge in [-0.15, -0.1) is 0 Å². The van der Waals surface area contributed by atoms with Crippen molar-refractivity contribution in [3.63, 3.8) is 0 Å². The Morgan fingerprint density at radius 2 is 1.68 bits per heavy atom. The van der Waals surface area contributed by atoms with E-state index in [0.717, 1.165) is 21.7 Å². The average Bonchev–Trinajstić information content (AvgIpc) is 2.74. The number of anilines is 1. The number of amides is 2. The van der Waals surface area contributed by atoms with Gasteiger partial charge in [0, 0.05) is 12.6 Å². The third-order valence-electron chi connectivity index (χ3n) is 5.17. The molecule has 0 bridgehead atoms. The molecule has 0 aliphatic heterocycles. The molecule has 0 fully saturated rings. The lowest BCUT2D eigenvalue weighted by molar-refractivity contribution is -0.140. The summed E-state index contributed by atoms with van der Waals surface area (Å²) in [5.41, 5.74) is 1.98. The number of nitrogens with zero attached hydrogens (tertiary/aromatic N) is 2. The van der Waals surface area contributed by atoms with Crippen molar-refractivity contribution in [2.24, 2.45) is 0 Å². The molecule has 2 amide bonds. The van der Waals surface area contributed by atoms with Gasteiger partial charge in [-0.2, -0.15) is 0 Å². The lowest BCUT2D eigenvalue weighted by atomic mass is 10.1. The van der Waals surface area contributed by atoms with Crippen LogP contribution in [0, 0.1) is 6.92 Å². The van der Waals surface area contributed by atoms with Crippen LogP contribution >= 0.6 is 23.2 Å². The maximum absolute atomic E-state index is 13.6. The Hall–Kier alpha value is -2.29. The second-order valence-corrected chi connectivity index (χ2v) is 11.1. The van der Waals surface area contributed by atoms with Crippen molar-refractivity contribution >= 4 is 50.7 Å². The van der Waals surface area contributed by atoms with Gasteiger partial charge in [0.1, 0.15) is 12.6 Å². The fraction of sp³-hybridized carbons (Fsp3) is 0.417. The van der Waals surface area contributed by atoms with Gasteiger partial charge in [0.2, 0.25) is 21.8 Å². The summed E-state index contributed by atoms with van der Waals surface area (Å²) in [6.45, 7) is 7.05. The molecule has 0 aromatic heterocycles. The van der Waals surface area contributed by atoms with Crippen LogP contribution in [0.1, 0.15) is 38.3 Å². The highest BCUT2D eigenvalue weighted by molar-refractivity contribution is 7.92. The van der Waals surface area contributed by atoms with E-state index in [1.54, 1.807) is 6.07 Å². The summed E-state index contributed by atoms with van der Waals surface area (Å²) >= 11 is 12.4. The van der Waals surface area contributed by atoms with E-state index in [1.807, 2.05) is 52.0 Å². The molecule has 0 unspecified atom stereocenters. The monoisotopic (exact) mass is 527 g/mol. The van der Waals surface area contributed by atoms with Gasteiger partial charge in [-0.25, -0.2) is 8.42 Å². The molecule has 2 aromatic rings. The summed E-state index contributed by atoms with van der Waals surface area (Å²) in [6, 6.07) is 11.3. The minimum Gasteiger partial charge on any atom is -0.352 e. The summed E-state index contributed by atoms with van der Waals surface area (Å²) in [6.07, 6.45) is 1.34. The SMILES string of the molecule is CC[C@H](C(=O)NC(C)C)N(Cc1ccc(C)cc1)C(=O)CN(c1cccc(Cl)c1Cl)S(C)(=O)=O. The number of aryl methyl sites for hydroxylation is 1. The third-order valence-corrected chi connectivity index (χ3v) is 7.10. The van der Waals surface area contributed by atoms with E-state index in [2.05, 4.69) is 5.32 Å². The lowest BCUT2D eigenvalue weighted by Crippen LogP contribution is -2.53. The highest BCUT2D eigenvalue weighted by Gasteiger charge is 2.32. The predicted molar refractivity (Wildman–Crippen MR) is 138 cm³/mol. The van der Waals surface area contributed by atoms with Crippen molar-refractivity contribution in [1.29, 1.82) is 0 Å². The zero-order chi connectivity index (χ0) is 25.6. The van der Waals surface area contributed by atoms with Crippen molar-refractivity contribution in [1.82, 2.24) is 10.2 Å². The van der Waals surface area contributed by atoms with Crippen molar-refractivity contribution in [2.75, 3.05) is 17.1 Å². The highest BCUT2D eigenvalue weighted by atomic mass is 35.5. The van der Waals surface area contributed by atoms with E-state index in [1.165, 1.54) is 17.0 Å². The minimum absolute atomic E-state index is 0.0251. The largest absolute Gasteiger partial charge is 0.352 e. The first-order valence-corrected chi connectivity index (χ1v) is 13.5. The van der Waals surface area contributed by atoms with Gasteiger partial charge < -0.3 is 10.2 Å². The molecule has 34 heavy (non-hydrogen) atoms. The topological polar surface area (TPSA) is 86.8 Å². The zero-order valence-corrected chi connectivity index (χ0v) is 22.3. The van der Waals surface area contributed by atoms with Gasteiger partial charge in [0.25, 0.3) is 0 Å². The van der Waals surface area contributed by atoms with Crippen molar-refractivity contribution < 1.29 is 18.0 Å². The summed E-state index contributed by atoms with van der Waals surface area (Å²) in [5, 5.41) is 3.04. The number of carbonyl (C=O) groups excluding carboxylic acids is 2. The maximum atomic E-state index is 13.6. The number of nitrogens with one attached hydrogen (secondary N) is 1. The van der Waals surface area contributed by atoms with Crippen molar-refractivity contribution in [3.05, 3.63) is 63.6 Å². The van der Waals surface area contributed by atoms with Crippen LogP contribution in [0.2, 0.25) is 10.0 Å². The molecule has 0 saturated carbocycles. The average molecular weight is 529 g/mol. The number of carbonyl (C=O) groups is 2. The van der Waals surface area contributed by atoms with Gasteiger partial charge >= 0.3 is 0 Å². The van der Waals surface area contributed by atoms with Crippen molar-refractivity contribution in [2.45, 2.75) is 52.7 Å². The van der Waals surface area contributed by atoms with Crippen LogP contribution in [0.5, 0.6) is 0 Å². The molecular weight excluding hydrogens is 497 g/mol. The zero-order valence-electron chi connectivity index (χ0n) is 20.0. The van der Waals surface area contributed by atoms with Gasteiger partial charge in [-0.1, -0.05) is 66.0 Å². The van der Waals surface area contributed by atoms with E-state index < -0.39 is 28.5 Å². The minimum atomic E-state index is -3.89. The predicted octanol–water partition coefficient (Wildman–Crippen LogP) is 4.40. The van der Waals surface area contributed by atoms with Gasteiger partial charge in [-0.05, 0) is 44.9 Å². The first-order chi connectivity index (χ1) is 15.8. The normalized spacial score (nSPS) is 12.4. The summed E-state index contributed by atoms with van der Waals surface area (Å²) in [7, 11) is -3.89. The number of hydrogen-bond acceptors (Lipinski definition) is 4. The molecule has 2 aromatic carbocycles. The van der Waals surface area contributed by atoms with E-state index in [0.29, 0.717) is 6.42 Å². The van der Waals surface area contributed by atoms with Gasteiger partial charge in [0.05, 0.1) is 22.0 Å². The highest BCUT2D eigenvalue weighted by Crippen LogP contribution is 2.33. The van der Waals surface area contributed by atoms with Crippen LogP contribution in [0.15, 0.2) is 42.5 Å². The Morgan fingerprint density at radius 3 is 2.21 bits per heavy atom. The fourth-order valence-electron chi connectivity index (χ4n) is 3.47. The third kappa shape index (κ3) is 7.35. The van der Waals surface area contributed by atoms with Gasteiger partial charge in [0.15, 0.2) is 0 Å². The molecule has 0 saturated heterocycles. The van der Waals surface area contributed by atoms with E-state index in [4.69, 9.17) is 23.2 Å². The van der Waals surface area contributed by atoms with Gasteiger partial charge in [-0.3, -0.25) is 13.9 Å². The van der Waals surface area contributed by atoms with Crippen LogP contribution in [0.3, 0.4) is 0 Å². The Labute approximate surface area is 212 Å². The van der Waals surface area contributed by atoms with Crippen LogP contribution < -0.4 is 9.62 Å². The second kappa shape index (κ2) is 11.9. The first kappa shape index (κ1) is 28.0. The molecule has 7 nitrogen and oxygen atoms in total. The van der Waals surface area contributed by atoms with Crippen LogP contribution in [0.4, 0.5) is 5.69 Å². The Bertz CT molecular complexity index is 1120. The molecule has 0 heterocycles. The summed E-state index contributed by atoms with van der Waals surface area (Å²) < 4.78 is 26.2. The number of rotatable bonds is 10. The quantitative estimate of drug-likeness (QED) is 0.495. The molecule has 0 aliphatic rings. The molecule has 0 radical (unpaired) electrons. The molecule has 186 valence electrons. The molecule has 10 heteroatoms. The molecule has 1 N–H and O–H groups in total. The van der Waals surface area contributed by atoms with Crippen molar-refractivity contribution in [3.8, 4) is 0 Å². The molecule has 0 spiro atoms.